The van der Waals surface area contributed by atoms with Crippen molar-refractivity contribution in [1.82, 2.24) is 5.32 Å². The Kier molecular flexibility index (Phi) is 6.50. The number of hydrogen-bond donors (Lipinski definition) is 1. The van der Waals surface area contributed by atoms with Crippen LogP contribution in [0.4, 0.5) is 0 Å². The fraction of sp³-hybridized carbons (Fsp3) is 1.00. The zero-order valence-electron chi connectivity index (χ0n) is 12.1. The molecule has 2 rings (SSSR count). The summed E-state index contributed by atoms with van der Waals surface area (Å²) in [6.45, 7) is 5.52. The zero-order chi connectivity index (χ0) is 12.6. The van der Waals surface area contributed by atoms with Crippen molar-refractivity contribution in [2.24, 2.45) is 11.8 Å². The summed E-state index contributed by atoms with van der Waals surface area (Å²) in [6.07, 6.45) is 13.1. The lowest BCUT2D eigenvalue weighted by Gasteiger charge is -2.27. The number of nitrogens with one attached hydrogen (secondary N) is 1. The molecular weight excluding hydrogens is 222 g/mol. The molecule has 0 aliphatic heterocycles. The van der Waals surface area contributed by atoms with Gasteiger partial charge in [-0.3, -0.25) is 0 Å². The molecule has 0 saturated heterocycles. The Morgan fingerprint density at radius 3 is 2.61 bits per heavy atom. The van der Waals surface area contributed by atoms with Crippen LogP contribution in [0.3, 0.4) is 0 Å². The smallest absolute Gasteiger partial charge is 0.0594 e. The third kappa shape index (κ3) is 5.27. The third-order valence-electron chi connectivity index (χ3n) is 4.68. The second-order valence-electron chi connectivity index (χ2n) is 6.47. The Labute approximate surface area is 113 Å². The van der Waals surface area contributed by atoms with Crippen LogP contribution in [0.15, 0.2) is 0 Å². The first-order chi connectivity index (χ1) is 8.84. The van der Waals surface area contributed by atoms with E-state index in [1.54, 1.807) is 0 Å². The maximum absolute atomic E-state index is 5.98. The first kappa shape index (κ1) is 14.3. The first-order valence-electron chi connectivity index (χ1n) is 8.17. The van der Waals surface area contributed by atoms with Crippen LogP contribution in [-0.2, 0) is 4.74 Å². The lowest BCUT2D eigenvalue weighted by Crippen LogP contribution is -2.30. The maximum atomic E-state index is 5.98. The minimum Gasteiger partial charge on any atom is -0.377 e. The van der Waals surface area contributed by atoms with E-state index in [1.165, 1.54) is 64.3 Å². The summed E-state index contributed by atoms with van der Waals surface area (Å²) in [5.74, 6) is 1.81. The van der Waals surface area contributed by atoms with E-state index < -0.39 is 0 Å². The maximum Gasteiger partial charge on any atom is 0.0594 e. The van der Waals surface area contributed by atoms with Gasteiger partial charge in [0.15, 0.2) is 0 Å². The van der Waals surface area contributed by atoms with Gasteiger partial charge in [0.2, 0.25) is 0 Å². The predicted molar refractivity (Wildman–Crippen MR) is 76.8 cm³/mol. The molecule has 2 unspecified atom stereocenters. The zero-order valence-corrected chi connectivity index (χ0v) is 12.1. The van der Waals surface area contributed by atoms with Crippen molar-refractivity contribution in [2.45, 2.75) is 70.8 Å². The van der Waals surface area contributed by atoms with E-state index in [9.17, 15) is 0 Å². The van der Waals surface area contributed by atoms with Gasteiger partial charge >= 0.3 is 0 Å². The second kappa shape index (κ2) is 8.16. The molecule has 2 atom stereocenters. The van der Waals surface area contributed by atoms with Gasteiger partial charge in [-0.05, 0) is 44.1 Å². The lowest BCUT2D eigenvalue weighted by molar-refractivity contribution is 0.0171. The van der Waals surface area contributed by atoms with Crippen molar-refractivity contribution < 1.29 is 4.74 Å². The molecule has 2 aliphatic carbocycles. The van der Waals surface area contributed by atoms with E-state index >= 15 is 0 Å². The Morgan fingerprint density at radius 2 is 1.83 bits per heavy atom. The van der Waals surface area contributed by atoms with Crippen molar-refractivity contribution in [2.75, 3.05) is 19.7 Å². The molecule has 2 fully saturated rings. The van der Waals surface area contributed by atoms with Crippen LogP contribution in [0.2, 0.25) is 0 Å². The van der Waals surface area contributed by atoms with Crippen molar-refractivity contribution in [1.29, 1.82) is 0 Å². The molecule has 106 valence electrons. The standard InChI is InChI=1S/C16H31NO/c1-14-6-5-9-16(12-14)18-11-10-17-13-15-7-3-2-4-8-15/h14-17H,2-13H2,1H3. The summed E-state index contributed by atoms with van der Waals surface area (Å²) in [5.41, 5.74) is 0. The predicted octanol–water partition coefficient (Wildman–Crippen LogP) is 3.75. The van der Waals surface area contributed by atoms with Crippen molar-refractivity contribution >= 4 is 0 Å². The van der Waals surface area contributed by atoms with Crippen LogP contribution >= 0.6 is 0 Å². The molecule has 0 aromatic rings. The Bertz CT molecular complexity index is 213. The van der Waals surface area contributed by atoms with E-state index in [4.69, 9.17) is 4.74 Å². The quantitative estimate of drug-likeness (QED) is 0.728. The van der Waals surface area contributed by atoms with Crippen LogP contribution in [0.1, 0.15) is 64.7 Å². The van der Waals surface area contributed by atoms with E-state index in [0.29, 0.717) is 6.10 Å². The highest BCUT2D eigenvalue weighted by Gasteiger charge is 2.19. The molecule has 2 heteroatoms. The minimum atomic E-state index is 0.547. The van der Waals surface area contributed by atoms with Crippen molar-refractivity contribution in [3.05, 3.63) is 0 Å². The largest absolute Gasteiger partial charge is 0.377 e. The lowest BCUT2D eigenvalue weighted by atomic mass is 9.89. The Morgan fingerprint density at radius 1 is 1.00 bits per heavy atom. The molecule has 0 bridgehead atoms. The van der Waals surface area contributed by atoms with Crippen molar-refractivity contribution in [3.8, 4) is 0 Å². The number of rotatable bonds is 6. The van der Waals surface area contributed by atoms with Crippen LogP contribution < -0.4 is 5.32 Å². The number of ether oxygens (including phenoxy) is 1. The molecule has 2 nitrogen and oxygen atoms in total. The molecule has 0 spiro atoms. The average Bonchev–Trinajstić information content (AvgIpc) is 2.40. The molecule has 18 heavy (non-hydrogen) atoms. The highest BCUT2D eigenvalue weighted by atomic mass is 16.5. The molecule has 2 saturated carbocycles. The van der Waals surface area contributed by atoms with Gasteiger partial charge < -0.3 is 10.1 Å². The van der Waals surface area contributed by atoms with Crippen LogP contribution in [0, 0.1) is 11.8 Å². The van der Waals surface area contributed by atoms with E-state index in [1.807, 2.05) is 0 Å². The average molecular weight is 253 g/mol. The van der Waals surface area contributed by atoms with Gasteiger partial charge in [0.05, 0.1) is 12.7 Å². The number of hydrogen-bond acceptors (Lipinski definition) is 2. The van der Waals surface area contributed by atoms with Gasteiger partial charge in [-0.15, -0.1) is 0 Å². The van der Waals surface area contributed by atoms with Crippen molar-refractivity contribution in [3.63, 3.8) is 0 Å². The summed E-state index contributed by atoms with van der Waals surface area (Å²) in [6, 6.07) is 0. The molecule has 2 aliphatic rings. The van der Waals surface area contributed by atoms with Gasteiger partial charge in [0.25, 0.3) is 0 Å². The molecular formula is C16H31NO. The molecule has 0 aromatic carbocycles. The second-order valence-corrected chi connectivity index (χ2v) is 6.47. The Balaban J connectivity index is 1.45. The van der Waals surface area contributed by atoms with Gasteiger partial charge in [-0.1, -0.05) is 39.0 Å². The van der Waals surface area contributed by atoms with E-state index in [-0.39, 0.29) is 0 Å². The molecule has 1 N–H and O–H groups in total. The summed E-state index contributed by atoms with van der Waals surface area (Å²) in [4.78, 5) is 0. The third-order valence-corrected chi connectivity index (χ3v) is 4.68. The van der Waals surface area contributed by atoms with Crippen LogP contribution in [0.5, 0.6) is 0 Å². The highest BCUT2D eigenvalue weighted by molar-refractivity contribution is 4.71. The first-order valence-corrected chi connectivity index (χ1v) is 8.17. The van der Waals surface area contributed by atoms with Gasteiger partial charge in [0, 0.05) is 6.54 Å². The summed E-state index contributed by atoms with van der Waals surface area (Å²) in [7, 11) is 0. The molecule has 0 amide bonds. The fourth-order valence-electron chi connectivity index (χ4n) is 3.53. The highest BCUT2D eigenvalue weighted by Crippen LogP contribution is 2.25. The fourth-order valence-corrected chi connectivity index (χ4v) is 3.53. The van der Waals surface area contributed by atoms with E-state index in [0.717, 1.165) is 25.0 Å². The Hall–Kier alpha value is -0.0800. The molecule has 0 radical (unpaired) electrons. The normalized spacial score (nSPS) is 30.5. The summed E-state index contributed by atoms with van der Waals surface area (Å²) < 4.78 is 5.98. The topological polar surface area (TPSA) is 21.3 Å². The monoisotopic (exact) mass is 253 g/mol. The van der Waals surface area contributed by atoms with Crippen LogP contribution in [-0.4, -0.2) is 25.8 Å². The van der Waals surface area contributed by atoms with Gasteiger partial charge in [-0.25, -0.2) is 0 Å². The van der Waals surface area contributed by atoms with Gasteiger partial charge in [-0.2, -0.15) is 0 Å². The SMILES string of the molecule is CC1CCCC(OCCNCC2CCCCC2)C1. The van der Waals surface area contributed by atoms with Gasteiger partial charge in [0.1, 0.15) is 0 Å². The minimum absolute atomic E-state index is 0.547. The molecule has 0 heterocycles. The summed E-state index contributed by atoms with van der Waals surface area (Å²) >= 11 is 0. The molecule has 0 aromatic heterocycles. The summed E-state index contributed by atoms with van der Waals surface area (Å²) in [5, 5.41) is 3.58. The van der Waals surface area contributed by atoms with E-state index in [2.05, 4.69) is 12.2 Å². The van der Waals surface area contributed by atoms with Crippen LogP contribution in [0.25, 0.3) is 0 Å².